The molecule has 0 unspecified atom stereocenters. The van der Waals surface area contributed by atoms with Gasteiger partial charge >= 0.3 is 6.03 Å². The minimum Gasteiger partial charge on any atom is -0.393 e. The first-order chi connectivity index (χ1) is 17.2. The first-order valence-electron chi connectivity index (χ1n) is 13.7. The summed E-state index contributed by atoms with van der Waals surface area (Å²) in [5.41, 5.74) is 1.40. The Hall–Kier alpha value is -2.23. The molecule has 1 saturated carbocycles. The van der Waals surface area contributed by atoms with Crippen molar-refractivity contribution in [3.05, 3.63) is 18.5 Å². The van der Waals surface area contributed by atoms with Gasteiger partial charge in [0.2, 0.25) is 0 Å². The molecule has 9 heteroatoms. The highest BCUT2D eigenvalue weighted by atomic mass is 16.3. The second kappa shape index (κ2) is 11.7. The molecule has 1 aliphatic carbocycles. The third kappa shape index (κ3) is 6.32. The van der Waals surface area contributed by atoms with E-state index >= 15 is 0 Å². The van der Waals surface area contributed by atoms with Gasteiger partial charge in [-0.3, -0.25) is 0 Å². The van der Waals surface area contributed by atoms with Crippen molar-refractivity contribution in [1.82, 2.24) is 30.1 Å². The van der Waals surface area contributed by atoms with E-state index in [1.54, 1.807) is 10.9 Å². The Bertz CT molecular complexity index is 956. The second-order valence-electron chi connectivity index (χ2n) is 10.6. The summed E-state index contributed by atoms with van der Waals surface area (Å²) in [5.74, 6) is 0.966. The predicted octanol–water partition coefficient (Wildman–Crippen LogP) is 2.73. The van der Waals surface area contributed by atoms with Crippen LogP contribution >= 0.6 is 0 Å². The van der Waals surface area contributed by atoms with Crippen LogP contribution in [0.15, 0.2) is 18.5 Å². The van der Waals surface area contributed by atoms with Crippen molar-refractivity contribution >= 4 is 23.0 Å². The monoisotopic (exact) mass is 483 g/mol. The van der Waals surface area contributed by atoms with Crippen molar-refractivity contribution in [3.8, 4) is 0 Å². The summed E-state index contributed by atoms with van der Waals surface area (Å²) in [5, 5.41) is 16.5. The first-order valence-corrected chi connectivity index (χ1v) is 13.7. The molecule has 35 heavy (non-hydrogen) atoms. The Morgan fingerprint density at radius 2 is 1.69 bits per heavy atom. The zero-order chi connectivity index (χ0) is 24.0. The number of amides is 1. The molecule has 3 N–H and O–H groups in total. The molecule has 1 amide bonds. The van der Waals surface area contributed by atoms with Crippen molar-refractivity contribution in [2.45, 2.75) is 82.4 Å². The van der Waals surface area contributed by atoms with E-state index in [1.807, 2.05) is 12.1 Å². The Morgan fingerprint density at radius 1 is 0.943 bits per heavy atom. The van der Waals surface area contributed by atoms with Gasteiger partial charge in [0.05, 0.1) is 11.6 Å². The first kappa shape index (κ1) is 24.5. The number of pyridine rings is 1. The highest BCUT2D eigenvalue weighted by Crippen LogP contribution is 2.21. The van der Waals surface area contributed by atoms with Crippen LogP contribution in [0.1, 0.15) is 64.2 Å². The summed E-state index contributed by atoms with van der Waals surface area (Å²) < 4.78 is 1.60. The van der Waals surface area contributed by atoms with Crippen LogP contribution in [0.2, 0.25) is 0 Å². The summed E-state index contributed by atoms with van der Waals surface area (Å²) in [6, 6.07) is 4.64. The Balaban J connectivity index is 1.08. The van der Waals surface area contributed by atoms with E-state index in [0.717, 1.165) is 89.1 Å². The maximum Gasteiger partial charge on any atom is 0.327 e. The number of nitrogens with one attached hydrogen (secondary N) is 2. The third-order valence-electron chi connectivity index (χ3n) is 8.02. The van der Waals surface area contributed by atoms with Crippen LogP contribution in [-0.2, 0) is 0 Å². The van der Waals surface area contributed by atoms with Gasteiger partial charge in [-0.1, -0.05) is 12.8 Å². The Morgan fingerprint density at radius 3 is 2.43 bits per heavy atom. The summed E-state index contributed by atoms with van der Waals surface area (Å²) in [7, 11) is 0. The average Bonchev–Trinajstić information content (AvgIpc) is 3.11. The number of hydrogen-bond acceptors (Lipinski definition) is 7. The molecule has 2 saturated heterocycles. The Kier molecular flexibility index (Phi) is 8.16. The van der Waals surface area contributed by atoms with Gasteiger partial charge < -0.3 is 25.5 Å². The molecular formula is C26H41N7O2. The van der Waals surface area contributed by atoms with Crippen LogP contribution in [0.4, 0.5) is 10.6 Å². The lowest BCUT2D eigenvalue weighted by molar-refractivity contribution is 0.115. The Labute approximate surface area is 208 Å². The molecule has 2 aromatic rings. The van der Waals surface area contributed by atoms with Crippen molar-refractivity contribution in [2.24, 2.45) is 0 Å². The van der Waals surface area contributed by atoms with E-state index in [9.17, 15) is 9.90 Å². The normalized spacial score (nSPS) is 25.0. The van der Waals surface area contributed by atoms with E-state index < -0.39 is 0 Å². The maximum absolute atomic E-state index is 13.0. The smallest absolute Gasteiger partial charge is 0.327 e. The fraction of sp³-hybridized carbons (Fsp3) is 0.731. The summed E-state index contributed by atoms with van der Waals surface area (Å²) in [6.45, 7) is 6.11. The van der Waals surface area contributed by atoms with Gasteiger partial charge in [-0.25, -0.2) is 19.3 Å². The number of aliphatic hydroxyl groups is 1. The molecule has 192 valence electrons. The average molecular weight is 484 g/mol. The number of hydrogen-bond donors (Lipinski definition) is 3. The number of carbonyl (C=O) groups excluding carboxylic acids is 1. The molecule has 0 spiro atoms. The zero-order valence-electron chi connectivity index (χ0n) is 20.9. The summed E-state index contributed by atoms with van der Waals surface area (Å²) in [4.78, 5) is 27.0. The number of piperidine rings is 1. The zero-order valence-corrected chi connectivity index (χ0v) is 20.9. The second-order valence-corrected chi connectivity index (χ2v) is 10.6. The predicted molar refractivity (Wildman–Crippen MR) is 138 cm³/mol. The van der Waals surface area contributed by atoms with Gasteiger partial charge in [-0.05, 0) is 63.5 Å². The fourth-order valence-corrected chi connectivity index (χ4v) is 5.78. The number of nitrogens with zero attached hydrogens (tertiary/aromatic N) is 5. The number of aliphatic hydroxyl groups excluding tert-OH is 1. The molecule has 0 atom stereocenters. The van der Waals surface area contributed by atoms with Gasteiger partial charge in [0, 0.05) is 51.4 Å². The van der Waals surface area contributed by atoms with Crippen molar-refractivity contribution in [1.29, 1.82) is 0 Å². The van der Waals surface area contributed by atoms with Crippen LogP contribution in [0.3, 0.4) is 0 Å². The molecule has 0 bridgehead atoms. The van der Waals surface area contributed by atoms with Crippen LogP contribution < -0.4 is 15.5 Å². The number of imidazole rings is 1. The van der Waals surface area contributed by atoms with Crippen LogP contribution in [0.5, 0.6) is 0 Å². The lowest BCUT2D eigenvalue weighted by atomic mass is 9.93. The number of anilines is 1. The maximum atomic E-state index is 13.0. The van der Waals surface area contributed by atoms with E-state index in [2.05, 4.69) is 25.4 Å². The minimum atomic E-state index is -0.114. The molecular weight excluding hydrogens is 442 g/mol. The highest BCUT2D eigenvalue weighted by Gasteiger charge is 2.23. The number of aromatic nitrogens is 3. The molecule has 9 nitrogen and oxygen atoms in total. The number of likely N-dealkylation sites (tertiary alicyclic amines) is 1. The SMILES string of the molecule is O=C(NC1CCN(CCNC2CCC(O)CC2)CC1)n1cnc2nc(N3CCCCCC3)ccc21. The van der Waals surface area contributed by atoms with Gasteiger partial charge in [0.1, 0.15) is 12.1 Å². The lowest BCUT2D eigenvalue weighted by Gasteiger charge is -2.33. The number of fused-ring (bicyclic) bond motifs is 1. The summed E-state index contributed by atoms with van der Waals surface area (Å²) in [6.07, 6.45) is 12.4. The molecule has 0 aromatic carbocycles. The highest BCUT2D eigenvalue weighted by molar-refractivity contribution is 5.88. The number of rotatable bonds is 6. The van der Waals surface area contributed by atoms with E-state index in [-0.39, 0.29) is 18.2 Å². The topological polar surface area (TPSA) is 98.5 Å². The lowest BCUT2D eigenvalue weighted by Crippen LogP contribution is -2.47. The summed E-state index contributed by atoms with van der Waals surface area (Å²) >= 11 is 0. The number of carbonyl (C=O) groups is 1. The quantitative estimate of drug-likeness (QED) is 0.581. The molecule has 3 aliphatic rings. The van der Waals surface area contributed by atoms with Gasteiger partial charge in [0.15, 0.2) is 5.65 Å². The van der Waals surface area contributed by atoms with E-state index in [0.29, 0.717) is 11.7 Å². The van der Waals surface area contributed by atoms with Crippen molar-refractivity contribution < 1.29 is 9.90 Å². The van der Waals surface area contributed by atoms with Crippen molar-refractivity contribution in [2.75, 3.05) is 44.2 Å². The largest absolute Gasteiger partial charge is 0.393 e. The molecule has 4 heterocycles. The van der Waals surface area contributed by atoms with Crippen LogP contribution in [0, 0.1) is 0 Å². The molecule has 5 rings (SSSR count). The minimum absolute atomic E-state index is 0.0967. The molecule has 0 radical (unpaired) electrons. The van der Waals surface area contributed by atoms with E-state index in [4.69, 9.17) is 4.98 Å². The third-order valence-corrected chi connectivity index (χ3v) is 8.02. The van der Waals surface area contributed by atoms with Gasteiger partial charge in [-0.2, -0.15) is 0 Å². The standard InChI is InChI=1S/C26H41N7O2/c34-22-7-5-20(6-8-22)27-13-18-31-16-11-21(12-17-31)29-26(35)33-19-28-25-23(33)9-10-24(30-25)32-14-3-1-2-4-15-32/h9-10,19-22,27,34H,1-8,11-18H2,(H,29,35). The van der Waals surface area contributed by atoms with E-state index in [1.165, 1.54) is 25.7 Å². The van der Waals surface area contributed by atoms with Gasteiger partial charge in [0.25, 0.3) is 0 Å². The van der Waals surface area contributed by atoms with Gasteiger partial charge in [-0.15, -0.1) is 0 Å². The molecule has 2 aromatic heterocycles. The fourth-order valence-electron chi connectivity index (χ4n) is 5.78. The van der Waals surface area contributed by atoms with Crippen LogP contribution in [-0.4, -0.2) is 88.0 Å². The van der Waals surface area contributed by atoms with Crippen LogP contribution in [0.25, 0.3) is 11.2 Å². The molecule has 3 fully saturated rings. The van der Waals surface area contributed by atoms with Crippen molar-refractivity contribution in [3.63, 3.8) is 0 Å². The molecule has 2 aliphatic heterocycles.